The van der Waals surface area contributed by atoms with Crippen LogP contribution < -0.4 is 5.32 Å². The number of halogens is 1. The van der Waals surface area contributed by atoms with Crippen molar-refractivity contribution in [3.63, 3.8) is 0 Å². The predicted octanol–water partition coefficient (Wildman–Crippen LogP) is 3.88. The van der Waals surface area contributed by atoms with Crippen molar-refractivity contribution in [3.05, 3.63) is 34.9 Å². The molecule has 2 N–H and O–H groups in total. The molecular formula is C17H22ClNO2. The van der Waals surface area contributed by atoms with Crippen molar-refractivity contribution < 1.29 is 9.90 Å². The number of hydrogen-bond acceptors (Lipinski definition) is 2. The van der Waals surface area contributed by atoms with Crippen LogP contribution in [-0.4, -0.2) is 17.1 Å². The molecule has 0 aliphatic heterocycles. The Bertz CT molecular complexity index is 533. The second kappa shape index (κ2) is 5.98. The number of nitrogens with one attached hydrogen (secondary N) is 1. The molecule has 0 heterocycles. The molecule has 5 atom stereocenters. The van der Waals surface area contributed by atoms with Gasteiger partial charge in [0.15, 0.2) is 0 Å². The van der Waals surface area contributed by atoms with Crippen LogP contribution in [0.5, 0.6) is 0 Å². The van der Waals surface area contributed by atoms with E-state index in [1.807, 2.05) is 18.2 Å². The second-order valence-electron chi connectivity index (χ2n) is 6.41. The zero-order chi connectivity index (χ0) is 15.0. The predicted molar refractivity (Wildman–Crippen MR) is 83.4 cm³/mol. The number of hydrogen-bond donors (Lipinski definition) is 2. The molecule has 3 rings (SSSR count). The zero-order valence-corrected chi connectivity index (χ0v) is 13.0. The lowest BCUT2D eigenvalue weighted by molar-refractivity contribution is -0.144. The monoisotopic (exact) mass is 307 g/mol. The van der Waals surface area contributed by atoms with Gasteiger partial charge in [-0.25, -0.2) is 0 Å². The average Bonchev–Trinajstić information content (AvgIpc) is 3.05. The average molecular weight is 308 g/mol. The summed E-state index contributed by atoms with van der Waals surface area (Å²) in [5.74, 6) is 0.0174. The van der Waals surface area contributed by atoms with Crippen molar-refractivity contribution in [1.82, 2.24) is 5.32 Å². The van der Waals surface area contributed by atoms with Crippen LogP contribution in [0.3, 0.4) is 0 Å². The van der Waals surface area contributed by atoms with Crippen molar-refractivity contribution in [1.29, 1.82) is 0 Å². The largest absolute Gasteiger partial charge is 0.481 e. The van der Waals surface area contributed by atoms with Gasteiger partial charge in [0.25, 0.3) is 0 Å². The van der Waals surface area contributed by atoms with Gasteiger partial charge >= 0.3 is 5.97 Å². The van der Waals surface area contributed by atoms with E-state index in [0.29, 0.717) is 11.8 Å². The van der Waals surface area contributed by atoms with Crippen LogP contribution in [0, 0.1) is 17.8 Å². The zero-order valence-electron chi connectivity index (χ0n) is 12.3. The van der Waals surface area contributed by atoms with Gasteiger partial charge in [-0.15, -0.1) is 0 Å². The molecule has 3 nitrogen and oxygen atoms in total. The van der Waals surface area contributed by atoms with E-state index in [2.05, 4.69) is 18.3 Å². The summed E-state index contributed by atoms with van der Waals surface area (Å²) in [7, 11) is 0. The number of carbonyl (C=O) groups is 1. The molecule has 1 aromatic rings. The molecule has 114 valence electrons. The third kappa shape index (κ3) is 2.82. The standard InChI is InChI=1S/C17H22ClNO2/c1-2-14(10-4-3-5-13(18)9-10)19-16-12-7-6-11(8-12)15(16)17(20)21/h3-5,9,11-12,14-16,19H,2,6-8H2,1H3,(H,20,21). The topological polar surface area (TPSA) is 49.3 Å². The highest BCUT2D eigenvalue weighted by Gasteiger charge is 2.51. The fraction of sp³-hybridized carbons (Fsp3) is 0.588. The van der Waals surface area contributed by atoms with Gasteiger partial charge in [-0.1, -0.05) is 30.7 Å². The molecule has 21 heavy (non-hydrogen) atoms. The van der Waals surface area contributed by atoms with Crippen LogP contribution in [-0.2, 0) is 4.79 Å². The van der Waals surface area contributed by atoms with Gasteiger partial charge in [-0.2, -0.15) is 0 Å². The molecule has 2 aliphatic rings. The Morgan fingerprint density at radius 1 is 1.43 bits per heavy atom. The van der Waals surface area contributed by atoms with E-state index in [0.717, 1.165) is 36.3 Å². The third-order valence-electron chi connectivity index (χ3n) is 5.25. The van der Waals surface area contributed by atoms with E-state index in [1.54, 1.807) is 0 Å². The molecule has 4 heteroatoms. The summed E-state index contributed by atoms with van der Waals surface area (Å²) in [6, 6.07) is 8.15. The number of carboxylic acids is 1. The first kappa shape index (κ1) is 14.9. The first-order chi connectivity index (χ1) is 10.1. The fourth-order valence-corrected chi connectivity index (χ4v) is 4.49. The molecule has 2 saturated carbocycles. The van der Waals surface area contributed by atoms with Crippen LogP contribution in [0.1, 0.15) is 44.2 Å². The van der Waals surface area contributed by atoms with E-state index in [-0.39, 0.29) is 18.0 Å². The Balaban J connectivity index is 1.79. The van der Waals surface area contributed by atoms with Gasteiger partial charge in [0.2, 0.25) is 0 Å². The molecule has 0 spiro atoms. The summed E-state index contributed by atoms with van der Waals surface area (Å²) in [5.41, 5.74) is 1.15. The van der Waals surface area contributed by atoms with Gasteiger partial charge in [-0.3, -0.25) is 4.79 Å². The SMILES string of the molecule is CCC(NC1C2CCC(C2)C1C(=O)O)c1cccc(Cl)c1. The van der Waals surface area contributed by atoms with Crippen LogP contribution in [0.4, 0.5) is 0 Å². The van der Waals surface area contributed by atoms with Crippen molar-refractivity contribution >= 4 is 17.6 Å². The van der Waals surface area contributed by atoms with Gasteiger partial charge in [0, 0.05) is 17.1 Å². The van der Waals surface area contributed by atoms with E-state index in [9.17, 15) is 9.90 Å². The van der Waals surface area contributed by atoms with Crippen LogP contribution >= 0.6 is 11.6 Å². The number of rotatable bonds is 5. The fourth-order valence-electron chi connectivity index (χ4n) is 4.29. The Morgan fingerprint density at radius 3 is 2.86 bits per heavy atom. The van der Waals surface area contributed by atoms with Gasteiger partial charge in [0.1, 0.15) is 0 Å². The Kier molecular flexibility index (Phi) is 4.23. The Morgan fingerprint density at radius 2 is 2.19 bits per heavy atom. The summed E-state index contributed by atoms with van der Waals surface area (Å²) in [6.45, 7) is 2.13. The van der Waals surface area contributed by atoms with Crippen molar-refractivity contribution in [3.8, 4) is 0 Å². The summed E-state index contributed by atoms with van der Waals surface area (Å²) < 4.78 is 0. The van der Waals surface area contributed by atoms with Crippen LogP contribution in [0.15, 0.2) is 24.3 Å². The second-order valence-corrected chi connectivity index (χ2v) is 6.84. The maximum Gasteiger partial charge on any atom is 0.308 e. The summed E-state index contributed by atoms with van der Waals surface area (Å²) >= 11 is 6.08. The molecule has 2 aliphatic carbocycles. The number of benzene rings is 1. The smallest absolute Gasteiger partial charge is 0.308 e. The van der Waals surface area contributed by atoms with E-state index < -0.39 is 5.97 Å². The van der Waals surface area contributed by atoms with E-state index in [1.165, 1.54) is 0 Å². The first-order valence-corrected chi connectivity index (χ1v) is 8.22. The Labute approximate surface area is 130 Å². The van der Waals surface area contributed by atoms with Crippen molar-refractivity contribution in [2.75, 3.05) is 0 Å². The first-order valence-electron chi connectivity index (χ1n) is 7.84. The summed E-state index contributed by atoms with van der Waals surface area (Å²) in [4.78, 5) is 11.6. The van der Waals surface area contributed by atoms with Gasteiger partial charge in [-0.05, 0) is 55.2 Å². The molecule has 2 bridgehead atoms. The van der Waals surface area contributed by atoms with E-state index >= 15 is 0 Å². The maximum atomic E-state index is 11.6. The van der Waals surface area contributed by atoms with Crippen LogP contribution in [0.25, 0.3) is 0 Å². The molecule has 0 radical (unpaired) electrons. The van der Waals surface area contributed by atoms with Gasteiger partial charge in [0.05, 0.1) is 5.92 Å². The Hall–Kier alpha value is -1.06. The molecular weight excluding hydrogens is 286 g/mol. The maximum absolute atomic E-state index is 11.6. The number of carboxylic acid groups (broad SMARTS) is 1. The molecule has 5 unspecified atom stereocenters. The quantitative estimate of drug-likeness (QED) is 0.868. The highest BCUT2D eigenvalue weighted by Crippen LogP contribution is 2.49. The van der Waals surface area contributed by atoms with Crippen molar-refractivity contribution in [2.45, 2.75) is 44.7 Å². The highest BCUT2D eigenvalue weighted by atomic mass is 35.5. The highest BCUT2D eigenvalue weighted by molar-refractivity contribution is 6.30. The van der Waals surface area contributed by atoms with Crippen LogP contribution in [0.2, 0.25) is 5.02 Å². The van der Waals surface area contributed by atoms with Gasteiger partial charge < -0.3 is 10.4 Å². The summed E-state index contributed by atoms with van der Waals surface area (Å²) in [5, 5.41) is 13.9. The van der Waals surface area contributed by atoms with E-state index in [4.69, 9.17) is 11.6 Å². The minimum absolute atomic E-state index is 0.102. The number of aliphatic carboxylic acids is 1. The molecule has 1 aromatic carbocycles. The minimum Gasteiger partial charge on any atom is -0.481 e. The lowest BCUT2D eigenvalue weighted by Gasteiger charge is -2.32. The molecule has 2 fully saturated rings. The van der Waals surface area contributed by atoms with Crippen molar-refractivity contribution in [2.24, 2.45) is 17.8 Å². The third-order valence-corrected chi connectivity index (χ3v) is 5.49. The normalized spacial score (nSPS) is 32.3. The molecule has 0 saturated heterocycles. The summed E-state index contributed by atoms with van der Waals surface area (Å²) in [6.07, 6.45) is 4.24. The molecule has 0 aromatic heterocycles. The lowest BCUT2D eigenvalue weighted by Crippen LogP contribution is -2.45. The number of fused-ring (bicyclic) bond motifs is 2. The minimum atomic E-state index is -0.638. The lowest BCUT2D eigenvalue weighted by atomic mass is 9.83. The molecule has 0 amide bonds.